The number of unbranched alkanes of at least 4 members (excludes halogenated alkanes) is 1. The highest BCUT2D eigenvalue weighted by atomic mass is 16.2. The van der Waals surface area contributed by atoms with Gasteiger partial charge in [0.05, 0.1) is 6.04 Å². The third-order valence-electron chi connectivity index (χ3n) is 3.74. The van der Waals surface area contributed by atoms with Crippen molar-refractivity contribution in [2.75, 3.05) is 19.6 Å². The van der Waals surface area contributed by atoms with Gasteiger partial charge in [0.15, 0.2) is 0 Å². The van der Waals surface area contributed by atoms with Crippen molar-refractivity contribution < 1.29 is 9.59 Å². The van der Waals surface area contributed by atoms with Crippen LogP contribution in [-0.2, 0) is 9.59 Å². The maximum atomic E-state index is 12.0. The first kappa shape index (κ1) is 16.7. The van der Waals surface area contributed by atoms with Gasteiger partial charge in [0, 0.05) is 25.6 Å². The van der Waals surface area contributed by atoms with Crippen LogP contribution in [0.2, 0.25) is 0 Å². The summed E-state index contributed by atoms with van der Waals surface area (Å²) < 4.78 is 0. The van der Waals surface area contributed by atoms with E-state index in [9.17, 15) is 9.59 Å². The van der Waals surface area contributed by atoms with Gasteiger partial charge in [0.1, 0.15) is 0 Å². The monoisotopic (exact) mass is 281 g/mol. The molecule has 1 unspecified atom stereocenters. The quantitative estimate of drug-likeness (QED) is 0.541. The normalized spacial score (nSPS) is 17.6. The molecule has 0 radical (unpaired) electrons. The molecule has 1 aliphatic heterocycles. The first-order chi connectivity index (χ1) is 9.60. The van der Waals surface area contributed by atoms with Crippen LogP contribution >= 0.6 is 0 Å². The van der Waals surface area contributed by atoms with Crippen LogP contribution in [0.5, 0.6) is 0 Å². The van der Waals surface area contributed by atoms with Crippen LogP contribution in [0.3, 0.4) is 0 Å². The van der Waals surface area contributed by atoms with E-state index >= 15 is 0 Å². The van der Waals surface area contributed by atoms with E-state index in [0.717, 1.165) is 32.2 Å². The van der Waals surface area contributed by atoms with Gasteiger partial charge >= 0.3 is 0 Å². The number of rotatable bonds is 7. The Morgan fingerprint density at radius 3 is 2.65 bits per heavy atom. The van der Waals surface area contributed by atoms with Gasteiger partial charge in [-0.3, -0.25) is 9.59 Å². The van der Waals surface area contributed by atoms with Gasteiger partial charge in [-0.05, 0) is 25.7 Å². The molecular formula is C15H27N3O2. The van der Waals surface area contributed by atoms with Crippen molar-refractivity contribution in [3.05, 3.63) is 12.7 Å². The lowest BCUT2D eigenvalue weighted by atomic mass is 9.95. The SMILES string of the molecule is C=CCC(N)C(=O)N1CCC(C(=O)NCCCC)CC1. The third kappa shape index (κ3) is 4.96. The summed E-state index contributed by atoms with van der Waals surface area (Å²) in [5.74, 6) is 0.127. The predicted octanol–water partition coefficient (Wildman–Crippen LogP) is 1.04. The van der Waals surface area contributed by atoms with Gasteiger partial charge in [0.2, 0.25) is 11.8 Å². The zero-order valence-electron chi connectivity index (χ0n) is 12.4. The summed E-state index contributed by atoms with van der Waals surface area (Å²) in [6.07, 6.45) is 5.70. The molecule has 2 amide bonds. The summed E-state index contributed by atoms with van der Waals surface area (Å²) in [6, 6.07) is -0.498. The average Bonchev–Trinajstić information content (AvgIpc) is 2.47. The Kier molecular flexibility index (Phi) is 7.30. The number of nitrogens with zero attached hydrogens (tertiary/aromatic N) is 1. The summed E-state index contributed by atoms with van der Waals surface area (Å²) >= 11 is 0. The second-order valence-electron chi connectivity index (χ2n) is 5.38. The summed E-state index contributed by atoms with van der Waals surface area (Å²) in [5.41, 5.74) is 5.79. The highest BCUT2D eigenvalue weighted by Crippen LogP contribution is 2.18. The molecule has 0 aromatic rings. The Morgan fingerprint density at radius 1 is 1.45 bits per heavy atom. The molecule has 0 bridgehead atoms. The predicted molar refractivity (Wildman–Crippen MR) is 80.0 cm³/mol. The van der Waals surface area contributed by atoms with Crippen molar-refractivity contribution in [2.24, 2.45) is 11.7 Å². The zero-order chi connectivity index (χ0) is 15.0. The van der Waals surface area contributed by atoms with E-state index in [4.69, 9.17) is 5.73 Å². The average molecular weight is 281 g/mol. The maximum Gasteiger partial charge on any atom is 0.239 e. The molecular weight excluding hydrogens is 254 g/mol. The zero-order valence-corrected chi connectivity index (χ0v) is 12.4. The number of nitrogens with two attached hydrogens (primary N) is 1. The minimum Gasteiger partial charge on any atom is -0.356 e. The number of hydrogen-bond acceptors (Lipinski definition) is 3. The first-order valence-electron chi connectivity index (χ1n) is 7.53. The van der Waals surface area contributed by atoms with Gasteiger partial charge in [-0.25, -0.2) is 0 Å². The number of piperidine rings is 1. The summed E-state index contributed by atoms with van der Waals surface area (Å²) in [4.78, 5) is 25.7. The summed E-state index contributed by atoms with van der Waals surface area (Å²) in [7, 11) is 0. The lowest BCUT2D eigenvalue weighted by Crippen LogP contribution is -2.48. The molecule has 20 heavy (non-hydrogen) atoms. The van der Waals surface area contributed by atoms with E-state index < -0.39 is 6.04 Å². The summed E-state index contributed by atoms with van der Waals surface area (Å²) in [6.45, 7) is 7.69. The Morgan fingerprint density at radius 2 is 2.10 bits per heavy atom. The van der Waals surface area contributed by atoms with Crippen molar-refractivity contribution in [3.63, 3.8) is 0 Å². The number of amides is 2. The fourth-order valence-electron chi connectivity index (χ4n) is 2.41. The van der Waals surface area contributed by atoms with Crippen molar-refractivity contribution in [1.82, 2.24) is 10.2 Å². The largest absolute Gasteiger partial charge is 0.356 e. The lowest BCUT2D eigenvalue weighted by molar-refractivity contribution is -0.136. The Balaban J connectivity index is 2.33. The topological polar surface area (TPSA) is 75.4 Å². The highest BCUT2D eigenvalue weighted by Gasteiger charge is 2.28. The van der Waals surface area contributed by atoms with Crippen LogP contribution in [0.25, 0.3) is 0 Å². The standard InChI is InChI=1S/C15H27N3O2/c1-3-5-9-17-14(19)12-7-10-18(11-8-12)15(20)13(16)6-4-2/h4,12-13H,2-3,5-11,16H2,1H3,(H,17,19). The number of nitrogens with one attached hydrogen (secondary N) is 1. The van der Waals surface area contributed by atoms with Crippen LogP contribution in [0, 0.1) is 5.92 Å². The number of hydrogen-bond donors (Lipinski definition) is 2. The lowest BCUT2D eigenvalue weighted by Gasteiger charge is -2.32. The molecule has 3 N–H and O–H groups in total. The number of carbonyl (C=O) groups is 2. The van der Waals surface area contributed by atoms with E-state index in [1.807, 2.05) is 0 Å². The van der Waals surface area contributed by atoms with Crippen molar-refractivity contribution in [1.29, 1.82) is 0 Å². The fraction of sp³-hybridized carbons (Fsp3) is 0.733. The van der Waals surface area contributed by atoms with Crippen LogP contribution in [0.15, 0.2) is 12.7 Å². The Bertz CT molecular complexity index is 336. The fourth-order valence-corrected chi connectivity index (χ4v) is 2.41. The van der Waals surface area contributed by atoms with Gasteiger partial charge in [-0.2, -0.15) is 0 Å². The molecule has 5 nitrogen and oxygen atoms in total. The maximum absolute atomic E-state index is 12.0. The van der Waals surface area contributed by atoms with E-state index in [1.54, 1.807) is 11.0 Å². The van der Waals surface area contributed by atoms with E-state index in [2.05, 4.69) is 18.8 Å². The molecule has 0 aromatic heterocycles. The van der Waals surface area contributed by atoms with Gasteiger partial charge in [-0.1, -0.05) is 19.4 Å². The highest BCUT2D eigenvalue weighted by molar-refractivity contribution is 5.83. The van der Waals surface area contributed by atoms with E-state index in [0.29, 0.717) is 19.5 Å². The smallest absolute Gasteiger partial charge is 0.239 e. The Labute approximate surface area is 121 Å². The molecule has 114 valence electrons. The minimum atomic E-state index is -0.498. The van der Waals surface area contributed by atoms with Gasteiger partial charge in [-0.15, -0.1) is 6.58 Å². The molecule has 1 saturated heterocycles. The van der Waals surface area contributed by atoms with E-state index in [1.165, 1.54) is 0 Å². The van der Waals surface area contributed by atoms with E-state index in [-0.39, 0.29) is 17.7 Å². The van der Waals surface area contributed by atoms with Crippen molar-refractivity contribution >= 4 is 11.8 Å². The van der Waals surface area contributed by atoms with Crippen molar-refractivity contribution in [3.8, 4) is 0 Å². The molecule has 0 saturated carbocycles. The molecule has 1 rings (SSSR count). The van der Waals surface area contributed by atoms with Crippen LogP contribution < -0.4 is 11.1 Å². The van der Waals surface area contributed by atoms with Crippen molar-refractivity contribution in [2.45, 2.75) is 45.1 Å². The molecule has 5 heteroatoms. The molecule has 1 fully saturated rings. The van der Waals surface area contributed by atoms with Gasteiger partial charge in [0.25, 0.3) is 0 Å². The first-order valence-corrected chi connectivity index (χ1v) is 7.53. The molecule has 0 aromatic carbocycles. The Hall–Kier alpha value is -1.36. The minimum absolute atomic E-state index is 0.0326. The molecule has 0 aliphatic carbocycles. The molecule has 1 atom stereocenters. The third-order valence-corrected chi connectivity index (χ3v) is 3.74. The molecule has 1 heterocycles. The number of carbonyl (C=O) groups excluding carboxylic acids is 2. The van der Waals surface area contributed by atoms with Gasteiger partial charge < -0.3 is 16.0 Å². The second kappa shape index (κ2) is 8.74. The van der Waals surface area contributed by atoms with Crippen LogP contribution in [-0.4, -0.2) is 42.4 Å². The molecule has 0 spiro atoms. The molecule has 1 aliphatic rings. The summed E-state index contributed by atoms with van der Waals surface area (Å²) in [5, 5.41) is 2.96. The second-order valence-corrected chi connectivity index (χ2v) is 5.38. The number of likely N-dealkylation sites (tertiary alicyclic amines) is 1. The van der Waals surface area contributed by atoms with Crippen LogP contribution in [0.4, 0.5) is 0 Å². The van der Waals surface area contributed by atoms with Crippen LogP contribution in [0.1, 0.15) is 39.0 Å².